The Balaban J connectivity index is 1.14. The maximum Gasteiger partial charge on any atom is 0.258 e. The second-order valence-electron chi connectivity index (χ2n) is 12.8. The average Bonchev–Trinajstić information content (AvgIpc) is 3.10. The van der Waals surface area contributed by atoms with Crippen LogP contribution in [0.5, 0.6) is 17.2 Å². The van der Waals surface area contributed by atoms with Crippen LogP contribution in [0, 0.1) is 5.82 Å². The quantitative estimate of drug-likeness (QED) is 0.167. The second kappa shape index (κ2) is 15.2. The van der Waals surface area contributed by atoms with Gasteiger partial charge in [0.2, 0.25) is 0 Å². The average molecular weight is 675 g/mol. The maximum absolute atomic E-state index is 14.3. The van der Waals surface area contributed by atoms with Gasteiger partial charge >= 0.3 is 0 Å². The third kappa shape index (κ3) is 7.96. The molecule has 2 aliphatic rings. The first kappa shape index (κ1) is 34.2. The number of alkyl halides is 2. The standard InChI is InChI=1S/C37H41F3N6O3/c1-24(2)46(22-34(39)40)37(47)29-19-27(38)9-10-31(29)49-33-20-41-23-43-36(33)44-16-12-28(13-17-44)48-32-11-15-42-30-14-18-45(25(3)35(30)32)21-26-7-5-4-6-8-26/h4-11,15,19-20,23-25,28,34H,12-14,16-18,21-22H2,1-3H3. The summed E-state index contributed by atoms with van der Waals surface area (Å²) >= 11 is 0. The number of pyridine rings is 1. The first-order valence-corrected chi connectivity index (χ1v) is 16.7. The Hall–Kier alpha value is -4.71. The van der Waals surface area contributed by atoms with Crippen LogP contribution in [0.4, 0.5) is 19.0 Å². The lowest BCUT2D eigenvalue weighted by molar-refractivity contribution is 0.0473. The largest absolute Gasteiger partial charge is 0.490 e. The molecule has 1 amide bonds. The first-order valence-electron chi connectivity index (χ1n) is 16.7. The molecule has 1 saturated heterocycles. The van der Waals surface area contributed by atoms with Crippen molar-refractivity contribution in [3.63, 3.8) is 0 Å². The van der Waals surface area contributed by atoms with Crippen molar-refractivity contribution in [2.75, 3.05) is 31.1 Å². The molecule has 1 unspecified atom stereocenters. The van der Waals surface area contributed by atoms with Crippen molar-refractivity contribution in [2.45, 2.75) is 71.2 Å². The molecule has 9 nitrogen and oxygen atoms in total. The molecule has 1 fully saturated rings. The van der Waals surface area contributed by atoms with E-state index in [-0.39, 0.29) is 29.2 Å². The number of carbonyl (C=O) groups excluding carboxylic acids is 1. The molecule has 0 spiro atoms. The molecule has 4 heterocycles. The summed E-state index contributed by atoms with van der Waals surface area (Å²) in [7, 11) is 0. The molecule has 2 aromatic carbocycles. The lowest BCUT2D eigenvalue weighted by atomic mass is 9.96. The molecule has 0 saturated carbocycles. The van der Waals surface area contributed by atoms with Crippen LogP contribution in [0.2, 0.25) is 0 Å². The van der Waals surface area contributed by atoms with Crippen LogP contribution in [-0.2, 0) is 13.0 Å². The number of benzene rings is 2. The topological polar surface area (TPSA) is 83.9 Å². The second-order valence-corrected chi connectivity index (χ2v) is 12.8. The molecule has 0 bridgehead atoms. The fourth-order valence-corrected chi connectivity index (χ4v) is 6.60. The molecule has 258 valence electrons. The molecule has 0 radical (unpaired) electrons. The molecule has 49 heavy (non-hydrogen) atoms. The van der Waals surface area contributed by atoms with Gasteiger partial charge in [-0.25, -0.2) is 23.1 Å². The van der Waals surface area contributed by atoms with Crippen molar-refractivity contribution in [1.82, 2.24) is 24.8 Å². The van der Waals surface area contributed by atoms with Crippen molar-refractivity contribution >= 4 is 11.7 Å². The Morgan fingerprint density at radius 3 is 2.51 bits per heavy atom. The number of piperidine rings is 1. The van der Waals surface area contributed by atoms with Crippen molar-refractivity contribution < 1.29 is 27.4 Å². The number of carbonyl (C=O) groups is 1. The van der Waals surface area contributed by atoms with E-state index in [1.807, 2.05) is 18.3 Å². The number of ether oxygens (including phenoxy) is 2. The summed E-state index contributed by atoms with van der Waals surface area (Å²) in [6.45, 7) is 7.71. The van der Waals surface area contributed by atoms with E-state index >= 15 is 0 Å². The zero-order valence-corrected chi connectivity index (χ0v) is 27.9. The van der Waals surface area contributed by atoms with Gasteiger partial charge in [-0.3, -0.25) is 14.7 Å². The van der Waals surface area contributed by atoms with Gasteiger partial charge in [-0.15, -0.1) is 0 Å². The highest BCUT2D eigenvalue weighted by Gasteiger charge is 2.31. The number of amides is 1. The monoisotopic (exact) mass is 674 g/mol. The van der Waals surface area contributed by atoms with E-state index in [0.717, 1.165) is 66.4 Å². The van der Waals surface area contributed by atoms with Crippen LogP contribution in [-0.4, -0.2) is 75.4 Å². The minimum absolute atomic E-state index is 0.0242. The predicted octanol–water partition coefficient (Wildman–Crippen LogP) is 7.09. The molecule has 2 aliphatic heterocycles. The fraction of sp³-hybridized carbons (Fsp3) is 0.405. The number of rotatable bonds is 11. The van der Waals surface area contributed by atoms with Gasteiger partial charge in [0, 0.05) is 69.3 Å². The SMILES string of the molecule is CC1c2c(OC3CCN(c4ncncc4Oc4ccc(F)cc4C(=O)N(CC(F)F)C(C)C)CC3)ccnc2CCN1Cc1ccccc1. The van der Waals surface area contributed by atoms with E-state index in [4.69, 9.17) is 14.5 Å². The van der Waals surface area contributed by atoms with Gasteiger partial charge in [0.05, 0.1) is 24.0 Å². The Bertz CT molecular complexity index is 1740. The summed E-state index contributed by atoms with van der Waals surface area (Å²) in [5.41, 5.74) is 3.34. The number of halogens is 3. The van der Waals surface area contributed by atoms with Gasteiger partial charge in [0.15, 0.2) is 11.6 Å². The van der Waals surface area contributed by atoms with Crippen LogP contribution in [0.25, 0.3) is 0 Å². The third-order valence-electron chi connectivity index (χ3n) is 9.17. The van der Waals surface area contributed by atoms with Crippen LogP contribution in [0.15, 0.2) is 73.3 Å². The molecule has 6 rings (SSSR count). The Labute approximate surface area is 284 Å². The Morgan fingerprint density at radius 2 is 1.78 bits per heavy atom. The predicted molar refractivity (Wildman–Crippen MR) is 180 cm³/mol. The van der Waals surface area contributed by atoms with Gasteiger partial charge in [0.1, 0.15) is 29.7 Å². The van der Waals surface area contributed by atoms with Crippen molar-refractivity contribution in [3.8, 4) is 17.2 Å². The van der Waals surface area contributed by atoms with Gasteiger partial charge in [-0.2, -0.15) is 0 Å². The highest BCUT2D eigenvalue weighted by molar-refractivity contribution is 5.97. The highest BCUT2D eigenvalue weighted by atomic mass is 19.3. The molecule has 12 heteroatoms. The molecule has 2 aromatic heterocycles. The van der Waals surface area contributed by atoms with E-state index in [9.17, 15) is 18.0 Å². The third-order valence-corrected chi connectivity index (χ3v) is 9.17. The highest BCUT2D eigenvalue weighted by Crippen LogP contribution is 2.38. The minimum atomic E-state index is -2.74. The first-order chi connectivity index (χ1) is 23.7. The molecule has 4 aromatic rings. The van der Waals surface area contributed by atoms with Crippen molar-refractivity contribution in [1.29, 1.82) is 0 Å². The summed E-state index contributed by atoms with van der Waals surface area (Å²) in [6, 6.07) is 15.5. The summed E-state index contributed by atoms with van der Waals surface area (Å²) in [5.74, 6) is 0.238. The number of aromatic nitrogens is 3. The van der Waals surface area contributed by atoms with Crippen LogP contribution in [0.1, 0.15) is 66.8 Å². The number of fused-ring (bicyclic) bond motifs is 1. The van der Waals surface area contributed by atoms with Gasteiger partial charge < -0.3 is 19.3 Å². The van der Waals surface area contributed by atoms with E-state index in [2.05, 4.69) is 51.0 Å². The minimum Gasteiger partial charge on any atom is -0.490 e. The van der Waals surface area contributed by atoms with Crippen LogP contribution >= 0.6 is 0 Å². The van der Waals surface area contributed by atoms with Gasteiger partial charge in [-0.05, 0) is 50.6 Å². The van der Waals surface area contributed by atoms with Crippen LogP contribution in [0.3, 0.4) is 0 Å². The number of hydrogen-bond acceptors (Lipinski definition) is 8. The molecular weight excluding hydrogens is 633 g/mol. The number of anilines is 1. The van der Waals surface area contributed by atoms with E-state index in [1.54, 1.807) is 13.8 Å². The van der Waals surface area contributed by atoms with E-state index in [0.29, 0.717) is 18.9 Å². The lowest BCUT2D eigenvalue weighted by Crippen LogP contribution is -2.40. The normalized spacial score (nSPS) is 16.9. The Morgan fingerprint density at radius 1 is 1.00 bits per heavy atom. The number of nitrogens with zero attached hydrogens (tertiary/aromatic N) is 6. The van der Waals surface area contributed by atoms with Crippen LogP contribution < -0.4 is 14.4 Å². The zero-order valence-electron chi connectivity index (χ0n) is 27.9. The summed E-state index contributed by atoms with van der Waals surface area (Å²) in [5, 5.41) is 0. The molecule has 1 atom stereocenters. The summed E-state index contributed by atoms with van der Waals surface area (Å²) in [6.07, 6.45) is 4.26. The fourth-order valence-electron chi connectivity index (χ4n) is 6.60. The van der Waals surface area contributed by atoms with Gasteiger partial charge in [0.25, 0.3) is 12.3 Å². The van der Waals surface area contributed by atoms with Crippen molar-refractivity contribution in [3.05, 3.63) is 102 Å². The lowest BCUT2D eigenvalue weighted by Gasteiger charge is -2.37. The molecule has 0 N–H and O–H groups in total. The van der Waals surface area contributed by atoms with E-state index in [1.165, 1.54) is 24.2 Å². The van der Waals surface area contributed by atoms with Gasteiger partial charge in [-0.1, -0.05) is 30.3 Å². The van der Waals surface area contributed by atoms with E-state index < -0.39 is 30.7 Å². The smallest absolute Gasteiger partial charge is 0.258 e. The Kier molecular flexibility index (Phi) is 10.6. The van der Waals surface area contributed by atoms with Crippen molar-refractivity contribution in [2.24, 2.45) is 0 Å². The maximum atomic E-state index is 14.3. The summed E-state index contributed by atoms with van der Waals surface area (Å²) < 4.78 is 53.7. The zero-order chi connectivity index (χ0) is 34.5. The molecule has 0 aliphatic carbocycles. The summed E-state index contributed by atoms with van der Waals surface area (Å²) in [4.78, 5) is 32.2. The number of hydrogen-bond donors (Lipinski definition) is 0. The molecular formula is C37H41F3N6O3.